The molecule has 0 aliphatic carbocycles. The van der Waals surface area contributed by atoms with E-state index in [1.165, 1.54) is 6.92 Å². The fraction of sp³-hybridized carbons (Fsp3) is 0.348. The van der Waals surface area contributed by atoms with Crippen molar-refractivity contribution >= 4 is 29.1 Å². The summed E-state index contributed by atoms with van der Waals surface area (Å²) in [5.74, 6) is 0.422. The van der Waals surface area contributed by atoms with Crippen molar-refractivity contribution in [3.63, 3.8) is 0 Å². The summed E-state index contributed by atoms with van der Waals surface area (Å²) >= 11 is 0. The van der Waals surface area contributed by atoms with Crippen LogP contribution in [0.3, 0.4) is 0 Å². The van der Waals surface area contributed by atoms with Gasteiger partial charge in [-0.25, -0.2) is 0 Å². The van der Waals surface area contributed by atoms with E-state index in [4.69, 9.17) is 4.74 Å². The molecular formula is C23H31N4O4+. The lowest BCUT2D eigenvalue weighted by Crippen LogP contribution is -3.13. The summed E-state index contributed by atoms with van der Waals surface area (Å²) in [5, 5.41) is 5.51. The first-order valence-corrected chi connectivity index (χ1v) is 10.2. The van der Waals surface area contributed by atoms with E-state index in [1.54, 1.807) is 43.3 Å². The van der Waals surface area contributed by atoms with Crippen LogP contribution >= 0.6 is 0 Å². The highest BCUT2D eigenvalue weighted by atomic mass is 16.5. The minimum absolute atomic E-state index is 0.0277. The van der Waals surface area contributed by atoms with Crippen molar-refractivity contribution in [2.24, 2.45) is 0 Å². The van der Waals surface area contributed by atoms with Gasteiger partial charge in [-0.1, -0.05) is 12.1 Å². The van der Waals surface area contributed by atoms with Crippen LogP contribution in [0.2, 0.25) is 0 Å². The van der Waals surface area contributed by atoms with Gasteiger partial charge in [0, 0.05) is 31.9 Å². The molecule has 3 amide bonds. The van der Waals surface area contributed by atoms with Crippen LogP contribution in [0.1, 0.15) is 19.4 Å². The van der Waals surface area contributed by atoms with Gasteiger partial charge in [0.05, 0.1) is 13.7 Å². The third kappa shape index (κ3) is 8.10. The second-order valence-corrected chi connectivity index (χ2v) is 7.36. The van der Waals surface area contributed by atoms with E-state index in [1.807, 2.05) is 31.2 Å². The predicted octanol–water partition coefficient (Wildman–Crippen LogP) is 1.16. The molecule has 0 aliphatic rings. The number of likely N-dealkylation sites (N-methyl/N-ethyl adjacent to an activating group) is 2. The summed E-state index contributed by atoms with van der Waals surface area (Å²) in [6, 6.07) is 14.5. The third-order valence-corrected chi connectivity index (χ3v) is 4.81. The number of hydrogen-bond acceptors (Lipinski definition) is 4. The molecule has 0 saturated carbocycles. The first kappa shape index (κ1) is 23.9. The standard InChI is InChI=1S/C23H30N4O4/c1-5-27(15-22(29)25-20-10-8-19(9-11-20)24-17(2)28)16-23(30)26(3)14-18-6-12-21(31-4)13-7-18/h6-13H,5,14-16H2,1-4H3,(H,24,28)(H,25,29)/p+1. The van der Waals surface area contributed by atoms with E-state index in [-0.39, 0.29) is 30.8 Å². The Kier molecular flexibility index (Phi) is 9.02. The quantitative estimate of drug-likeness (QED) is 0.531. The van der Waals surface area contributed by atoms with Gasteiger partial charge in [0.25, 0.3) is 11.8 Å². The van der Waals surface area contributed by atoms with Gasteiger partial charge in [-0.05, 0) is 48.9 Å². The van der Waals surface area contributed by atoms with Crippen LogP contribution < -0.4 is 20.3 Å². The number of carbonyl (C=O) groups is 3. The van der Waals surface area contributed by atoms with Crippen LogP contribution in [0.5, 0.6) is 5.75 Å². The third-order valence-electron chi connectivity index (χ3n) is 4.81. The van der Waals surface area contributed by atoms with Crippen molar-refractivity contribution in [1.29, 1.82) is 0 Å². The molecule has 0 fully saturated rings. The highest BCUT2D eigenvalue weighted by Gasteiger charge is 2.19. The van der Waals surface area contributed by atoms with E-state index in [0.717, 1.165) is 16.2 Å². The van der Waals surface area contributed by atoms with Gasteiger partial charge in [0.15, 0.2) is 13.1 Å². The van der Waals surface area contributed by atoms with Gasteiger partial charge in [-0.2, -0.15) is 0 Å². The first-order chi connectivity index (χ1) is 14.8. The number of carbonyl (C=O) groups excluding carboxylic acids is 3. The number of benzene rings is 2. The number of methoxy groups -OCH3 is 1. The molecule has 0 saturated heterocycles. The van der Waals surface area contributed by atoms with Gasteiger partial charge in [-0.3, -0.25) is 14.4 Å². The van der Waals surface area contributed by atoms with E-state index in [9.17, 15) is 14.4 Å². The Morgan fingerprint density at radius 2 is 1.52 bits per heavy atom. The zero-order valence-corrected chi connectivity index (χ0v) is 18.5. The second kappa shape index (κ2) is 11.7. The predicted molar refractivity (Wildman–Crippen MR) is 120 cm³/mol. The Balaban J connectivity index is 1.84. The minimum Gasteiger partial charge on any atom is -0.497 e. The van der Waals surface area contributed by atoms with E-state index >= 15 is 0 Å². The van der Waals surface area contributed by atoms with Gasteiger partial charge in [0.2, 0.25) is 5.91 Å². The first-order valence-electron chi connectivity index (χ1n) is 10.2. The lowest BCUT2D eigenvalue weighted by Gasteiger charge is -2.22. The molecule has 8 heteroatoms. The fourth-order valence-corrected chi connectivity index (χ4v) is 3.03. The minimum atomic E-state index is -0.172. The van der Waals surface area contributed by atoms with Crippen LogP contribution in [-0.2, 0) is 20.9 Å². The smallest absolute Gasteiger partial charge is 0.279 e. The summed E-state index contributed by atoms with van der Waals surface area (Å²) in [6.45, 7) is 4.95. The Bertz CT molecular complexity index is 881. The number of ether oxygens (including phenoxy) is 1. The zero-order valence-electron chi connectivity index (χ0n) is 18.5. The summed E-state index contributed by atoms with van der Waals surface area (Å²) in [6.07, 6.45) is 0. The van der Waals surface area contributed by atoms with Crippen molar-refractivity contribution in [2.45, 2.75) is 20.4 Å². The normalized spacial score (nSPS) is 11.4. The molecular weight excluding hydrogens is 396 g/mol. The number of nitrogens with zero attached hydrogens (tertiary/aromatic N) is 1. The highest BCUT2D eigenvalue weighted by Crippen LogP contribution is 2.13. The Hall–Kier alpha value is -3.39. The topological polar surface area (TPSA) is 92.2 Å². The molecule has 0 bridgehead atoms. The Morgan fingerprint density at radius 3 is 2.03 bits per heavy atom. The number of amides is 3. The van der Waals surface area contributed by atoms with Crippen molar-refractivity contribution in [2.75, 3.05) is 44.4 Å². The molecule has 8 nitrogen and oxygen atoms in total. The summed E-state index contributed by atoms with van der Waals surface area (Å²) in [4.78, 5) is 38.6. The number of hydrogen-bond donors (Lipinski definition) is 3. The van der Waals surface area contributed by atoms with E-state index in [2.05, 4.69) is 10.6 Å². The summed E-state index contributed by atoms with van der Waals surface area (Å²) in [5.41, 5.74) is 2.31. The average molecular weight is 428 g/mol. The van der Waals surface area contributed by atoms with Crippen LogP contribution in [0.4, 0.5) is 11.4 Å². The van der Waals surface area contributed by atoms with Gasteiger partial charge >= 0.3 is 0 Å². The van der Waals surface area contributed by atoms with E-state index < -0.39 is 0 Å². The molecule has 0 radical (unpaired) electrons. The molecule has 2 aromatic rings. The summed E-state index contributed by atoms with van der Waals surface area (Å²) < 4.78 is 5.15. The molecule has 0 heterocycles. The Labute approximate surface area is 183 Å². The van der Waals surface area contributed by atoms with Crippen LogP contribution in [0.25, 0.3) is 0 Å². The molecule has 1 atom stereocenters. The number of rotatable bonds is 10. The number of anilines is 2. The second-order valence-electron chi connectivity index (χ2n) is 7.36. The average Bonchev–Trinajstić information content (AvgIpc) is 2.74. The van der Waals surface area contributed by atoms with E-state index in [0.29, 0.717) is 24.5 Å². The van der Waals surface area contributed by atoms with Crippen molar-refractivity contribution in [3.8, 4) is 5.75 Å². The monoisotopic (exact) mass is 427 g/mol. The maximum Gasteiger partial charge on any atom is 0.279 e. The SMILES string of the molecule is CC[NH+](CC(=O)Nc1ccc(NC(C)=O)cc1)CC(=O)N(C)Cc1ccc(OC)cc1. The molecule has 3 N–H and O–H groups in total. The zero-order chi connectivity index (χ0) is 22.8. The van der Waals surface area contributed by atoms with Crippen LogP contribution in [-0.4, -0.2) is 56.4 Å². The maximum absolute atomic E-state index is 12.6. The molecule has 0 aromatic heterocycles. The molecule has 31 heavy (non-hydrogen) atoms. The summed E-state index contributed by atoms with van der Waals surface area (Å²) in [7, 11) is 3.38. The van der Waals surface area contributed by atoms with Crippen molar-refractivity contribution in [3.05, 3.63) is 54.1 Å². The van der Waals surface area contributed by atoms with Gasteiger partial charge in [-0.15, -0.1) is 0 Å². The fourth-order valence-electron chi connectivity index (χ4n) is 3.03. The van der Waals surface area contributed by atoms with Crippen LogP contribution in [0, 0.1) is 0 Å². The molecule has 0 spiro atoms. The lowest BCUT2D eigenvalue weighted by molar-refractivity contribution is -0.882. The number of nitrogens with one attached hydrogen (secondary N) is 3. The molecule has 166 valence electrons. The van der Waals surface area contributed by atoms with Crippen molar-refractivity contribution in [1.82, 2.24) is 4.90 Å². The molecule has 2 rings (SSSR count). The van der Waals surface area contributed by atoms with Gasteiger partial charge in [0.1, 0.15) is 5.75 Å². The van der Waals surface area contributed by atoms with Crippen LogP contribution in [0.15, 0.2) is 48.5 Å². The molecule has 2 aromatic carbocycles. The van der Waals surface area contributed by atoms with Gasteiger partial charge < -0.3 is 25.2 Å². The Morgan fingerprint density at radius 1 is 0.935 bits per heavy atom. The number of quaternary nitrogens is 1. The maximum atomic E-state index is 12.6. The van der Waals surface area contributed by atoms with Crippen molar-refractivity contribution < 1.29 is 24.0 Å². The molecule has 0 aliphatic heterocycles. The highest BCUT2D eigenvalue weighted by molar-refractivity contribution is 5.92. The lowest BCUT2D eigenvalue weighted by atomic mass is 10.2. The largest absolute Gasteiger partial charge is 0.497 e. The molecule has 1 unspecified atom stereocenters.